The Morgan fingerprint density at radius 2 is 2.00 bits per heavy atom. The number of terminal acetylenes is 1. The summed E-state index contributed by atoms with van der Waals surface area (Å²) in [5.41, 5.74) is -0.454. The highest BCUT2D eigenvalue weighted by Crippen LogP contribution is 2.02. The summed E-state index contributed by atoms with van der Waals surface area (Å²) in [4.78, 5) is 11.8. The number of amides is 1. The van der Waals surface area contributed by atoms with Gasteiger partial charge in [0.15, 0.2) is 0 Å². The van der Waals surface area contributed by atoms with Gasteiger partial charge in [0.1, 0.15) is 0 Å². The summed E-state index contributed by atoms with van der Waals surface area (Å²) in [5.74, 6) is 2.62. The summed E-state index contributed by atoms with van der Waals surface area (Å²) in [6.45, 7) is 9.71. The van der Waals surface area contributed by atoms with Gasteiger partial charge >= 0.3 is 0 Å². The second kappa shape index (κ2) is 6.55. The first-order chi connectivity index (χ1) is 7.32. The van der Waals surface area contributed by atoms with Gasteiger partial charge in [0, 0.05) is 6.04 Å². The molecule has 0 radical (unpaired) electrons. The molecule has 0 saturated carbocycles. The highest BCUT2D eigenvalue weighted by molar-refractivity contribution is 5.81. The van der Waals surface area contributed by atoms with E-state index in [4.69, 9.17) is 6.42 Å². The Hall–Kier alpha value is -1.01. The molecule has 0 aromatic carbocycles. The van der Waals surface area contributed by atoms with E-state index in [1.165, 1.54) is 0 Å². The van der Waals surface area contributed by atoms with Crippen molar-refractivity contribution in [3.8, 4) is 12.3 Å². The zero-order valence-corrected chi connectivity index (χ0v) is 11.1. The molecule has 3 nitrogen and oxygen atoms in total. The molecule has 0 rings (SSSR count). The molecule has 0 aliphatic carbocycles. The molecule has 0 saturated heterocycles. The lowest BCUT2D eigenvalue weighted by atomic mass is 10.1. The summed E-state index contributed by atoms with van der Waals surface area (Å²) in [7, 11) is 0. The largest absolute Gasteiger partial charge is 0.352 e. The molecule has 2 unspecified atom stereocenters. The maximum atomic E-state index is 11.8. The SMILES string of the molecule is C#CC(C)(C)NC(C)C(=O)NC(C)CCC. The molecule has 0 heterocycles. The molecule has 0 spiro atoms. The molecule has 3 heteroatoms. The lowest BCUT2D eigenvalue weighted by Gasteiger charge is -2.25. The normalized spacial score (nSPS) is 15.0. The second-order valence-electron chi connectivity index (χ2n) is 4.83. The van der Waals surface area contributed by atoms with Crippen LogP contribution in [0.3, 0.4) is 0 Å². The van der Waals surface area contributed by atoms with Crippen molar-refractivity contribution in [3.63, 3.8) is 0 Å². The number of carbonyl (C=O) groups is 1. The van der Waals surface area contributed by atoms with Crippen molar-refractivity contribution < 1.29 is 4.79 Å². The number of hydrogen-bond acceptors (Lipinski definition) is 2. The van der Waals surface area contributed by atoms with Crippen molar-refractivity contribution in [1.82, 2.24) is 10.6 Å². The minimum absolute atomic E-state index is 0.00396. The van der Waals surface area contributed by atoms with Crippen molar-refractivity contribution in [2.75, 3.05) is 0 Å². The molecule has 0 bridgehead atoms. The predicted octanol–water partition coefficient (Wildman–Crippen LogP) is 1.68. The van der Waals surface area contributed by atoms with Crippen molar-refractivity contribution in [3.05, 3.63) is 0 Å². The molecule has 2 atom stereocenters. The van der Waals surface area contributed by atoms with Gasteiger partial charge in [-0.2, -0.15) is 0 Å². The van der Waals surface area contributed by atoms with Gasteiger partial charge in [0.2, 0.25) is 5.91 Å². The number of carbonyl (C=O) groups excluding carboxylic acids is 1. The van der Waals surface area contributed by atoms with E-state index in [0.29, 0.717) is 0 Å². The van der Waals surface area contributed by atoms with Gasteiger partial charge < -0.3 is 5.32 Å². The van der Waals surface area contributed by atoms with Crippen molar-refractivity contribution in [1.29, 1.82) is 0 Å². The Morgan fingerprint density at radius 3 is 2.44 bits per heavy atom. The van der Waals surface area contributed by atoms with Crippen LogP contribution in [0, 0.1) is 12.3 Å². The molecule has 0 aliphatic heterocycles. The van der Waals surface area contributed by atoms with E-state index >= 15 is 0 Å². The van der Waals surface area contributed by atoms with Gasteiger partial charge in [-0.1, -0.05) is 19.3 Å². The summed E-state index contributed by atoms with van der Waals surface area (Å²) < 4.78 is 0. The van der Waals surface area contributed by atoms with E-state index in [2.05, 4.69) is 23.5 Å². The van der Waals surface area contributed by atoms with Crippen LogP contribution in [0.1, 0.15) is 47.5 Å². The lowest BCUT2D eigenvalue weighted by Crippen LogP contribution is -2.52. The lowest BCUT2D eigenvalue weighted by molar-refractivity contribution is -0.123. The molecule has 2 N–H and O–H groups in total. The third kappa shape index (κ3) is 5.77. The van der Waals surface area contributed by atoms with Crippen LogP contribution in [0.15, 0.2) is 0 Å². The Labute approximate surface area is 99.4 Å². The van der Waals surface area contributed by atoms with Crippen LogP contribution in [0.2, 0.25) is 0 Å². The van der Waals surface area contributed by atoms with Crippen LogP contribution >= 0.6 is 0 Å². The zero-order valence-electron chi connectivity index (χ0n) is 11.1. The van der Waals surface area contributed by atoms with Gasteiger partial charge in [0.05, 0.1) is 11.6 Å². The van der Waals surface area contributed by atoms with Crippen LogP contribution in [-0.4, -0.2) is 23.5 Å². The average molecular weight is 224 g/mol. The average Bonchev–Trinajstić information content (AvgIpc) is 2.17. The number of hydrogen-bond donors (Lipinski definition) is 2. The topological polar surface area (TPSA) is 41.1 Å². The number of nitrogens with one attached hydrogen (secondary N) is 2. The van der Waals surface area contributed by atoms with Crippen LogP contribution < -0.4 is 10.6 Å². The maximum Gasteiger partial charge on any atom is 0.237 e. The summed E-state index contributed by atoms with van der Waals surface area (Å²) in [6, 6.07) is -0.0546. The van der Waals surface area contributed by atoms with E-state index in [1.807, 2.05) is 27.7 Å². The second-order valence-corrected chi connectivity index (χ2v) is 4.83. The smallest absolute Gasteiger partial charge is 0.237 e. The highest BCUT2D eigenvalue weighted by Gasteiger charge is 2.22. The third-order valence-corrected chi connectivity index (χ3v) is 2.44. The van der Waals surface area contributed by atoms with Crippen LogP contribution in [0.5, 0.6) is 0 Å². The Morgan fingerprint density at radius 1 is 1.44 bits per heavy atom. The van der Waals surface area contributed by atoms with Crippen LogP contribution in [0.25, 0.3) is 0 Å². The first kappa shape index (κ1) is 15.0. The third-order valence-electron chi connectivity index (χ3n) is 2.44. The van der Waals surface area contributed by atoms with Crippen LogP contribution in [-0.2, 0) is 4.79 Å². The van der Waals surface area contributed by atoms with E-state index in [1.54, 1.807) is 0 Å². The van der Waals surface area contributed by atoms with Crippen molar-refractivity contribution >= 4 is 5.91 Å². The van der Waals surface area contributed by atoms with Gasteiger partial charge in [-0.05, 0) is 34.1 Å². The molecule has 0 fully saturated rings. The Balaban J connectivity index is 4.15. The predicted molar refractivity (Wildman–Crippen MR) is 68.0 cm³/mol. The minimum Gasteiger partial charge on any atom is -0.352 e. The molecular weight excluding hydrogens is 200 g/mol. The van der Waals surface area contributed by atoms with Gasteiger partial charge in [-0.25, -0.2) is 0 Å². The summed E-state index contributed by atoms with van der Waals surface area (Å²) in [5, 5.41) is 6.06. The van der Waals surface area contributed by atoms with E-state index in [9.17, 15) is 4.79 Å². The molecular formula is C13H24N2O. The van der Waals surface area contributed by atoms with Gasteiger partial charge in [-0.3, -0.25) is 10.1 Å². The molecule has 0 aliphatic rings. The fourth-order valence-electron chi connectivity index (χ4n) is 1.52. The maximum absolute atomic E-state index is 11.8. The van der Waals surface area contributed by atoms with Gasteiger partial charge in [-0.15, -0.1) is 6.42 Å². The quantitative estimate of drug-likeness (QED) is 0.674. The van der Waals surface area contributed by atoms with Crippen LogP contribution in [0.4, 0.5) is 0 Å². The standard InChI is InChI=1S/C13H24N2O/c1-7-9-10(3)14-12(16)11(4)15-13(5,6)8-2/h2,10-11,15H,7,9H2,1,3-6H3,(H,14,16). The van der Waals surface area contributed by atoms with Gasteiger partial charge in [0.25, 0.3) is 0 Å². The number of rotatable bonds is 6. The summed E-state index contributed by atoms with van der Waals surface area (Å²) >= 11 is 0. The first-order valence-corrected chi connectivity index (χ1v) is 5.88. The zero-order chi connectivity index (χ0) is 12.8. The van der Waals surface area contributed by atoms with E-state index in [0.717, 1.165) is 12.8 Å². The molecule has 0 aromatic heterocycles. The van der Waals surface area contributed by atoms with Crippen molar-refractivity contribution in [2.45, 2.75) is 65.1 Å². The monoisotopic (exact) mass is 224 g/mol. The Kier molecular flexibility index (Phi) is 6.13. The van der Waals surface area contributed by atoms with E-state index < -0.39 is 5.54 Å². The highest BCUT2D eigenvalue weighted by atomic mass is 16.2. The summed E-state index contributed by atoms with van der Waals surface area (Å²) in [6.07, 6.45) is 7.43. The van der Waals surface area contributed by atoms with E-state index in [-0.39, 0.29) is 18.0 Å². The fourth-order valence-corrected chi connectivity index (χ4v) is 1.52. The molecule has 0 aromatic rings. The fraction of sp³-hybridized carbons (Fsp3) is 0.769. The first-order valence-electron chi connectivity index (χ1n) is 5.88. The molecule has 16 heavy (non-hydrogen) atoms. The minimum atomic E-state index is -0.454. The molecule has 1 amide bonds. The Bertz CT molecular complexity index is 266. The molecule has 92 valence electrons. The van der Waals surface area contributed by atoms with Crippen molar-refractivity contribution in [2.24, 2.45) is 0 Å².